The standard InChI is InChI=1S/C18H24N4O2/c1-4-23-13-6-7-15-14(10-13)16-17(22-15)18(21-11-20-16)19-8-5-9-24-12(2)3/h6-7,10-12,22H,4-5,8-9H2,1-3H3,(H,19,20,21). The van der Waals surface area contributed by atoms with Gasteiger partial charge in [0.1, 0.15) is 23.1 Å². The van der Waals surface area contributed by atoms with E-state index in [4.69, 9.17) is 9.47 Å². The maximum atomic E-state index is 5.59. The number of anilines is 1. The summed E-state index contributed by atoms with van der Waals surface area (Å²) in [5.74, 6) is 1.67. The van der Waals surface area contributed by atoms with E-state index in [1.807, 2.05) is 39.0 Å². The Balaban J connectivity index is 1.80. The Kier molecular flexibility index (Phi) is 5.15. The molecule has 24 heavy (non-hydrogen) atoms. The summed E-state index contributed by atoms with van der Waals surface area (Å²) in [7, 11) is 0. The molecule has 2 heterocycles. The fourth-order valence-corrected chi connectivity index (χ4v) is 2.66. The van der Waals surface area contributed by atoms with Gasteiger partial charge in [0.25, 0.3) is 0 Å². The fraction of sp³-hybridized carbons (Fsp3) is 0.444. The molecular weight excluding hydrogens is 304 g/mol. The van der Waals surface area contributed by atoms with E-state index >= 15 is 0 Å². The largest absolute Gasteiger partial charge is 0.494 e. The topological polar surface area (TPSA) is 72.1 Å². The van der Waals surface area contributed by atoms with Crippen molar-refractivity contribution in [3.8, 4) is 5.75 Å². The molecule has 0 saturated heterocycles. The summed E-state index contributed by atoms with van der Waals surface area (Å²) in [5, 5.41) is 4.41. The van der Waals surface area contributed by atoms with E-state index in [0.717, 1.165) is 53.1 Å². The Labute approximate surface area is 141 Å². The number of ether oxygens (including phenoxy) is 2. The predicted molar refractivity (Wildman–Crippen MR) is 96.8 cm³/mol. The number of H-pyrrole nitrogens is 1. The average molecular weight is 328 g/mol. The van der Waals surface area contributed by atoms with Crippen LogP contribution in [0.2, 0.25) is 0 Å². The Morgan fingerprint density at radius 3 is 2.92 bits per heavy atom. The van der Waals surface area contributed by atoms with E-state index in [1.165, 1.54) is 0 Å². The Morgan fingerprint density at radius 2 is 2.12 bits per heavy atom. The minimum Gasteiger partial charge on any atom is -0.494 e. The van der Waals surface area contributed by atoms with Gasteiger partial charge in [-0.3, -0.25) is 0 Å². The molecule has 0 amide bonds. The molecular formula is C18H24N4O2. The van der Waals surface area contributed by atoms with Gasteiger partial charge < -0.3 is 19.8 Å². The van der Waals surface area contributed by atoms with Gasteiger partial charge in [0.2, 0.25) is 0 Å². The molecule has 0 unspecified atom stereocenters. The molecule has 0 spiro atoms. The van der Waals surface area contributed by atoms with Crippen LogP contribution in [0.15, 0.2) is 24.5 Å². The summed E-state index contributed by atoms with van der Waals surface area (Å²) < 4.78 is 11.1. The number of nitrogens with one attached hydrogen (secondary N) is 2. The second-order valence-electron chi connectivity index (χ2n) is 5.91. The van der Waals surface area contributed by atoms with Crippen molar-refractivity contribution in [3.63, 3.8) is 0 Å². The second-order valence-corrected chi connectivity index (χ2v) is 5.91. The fourth-order valence-electron chi connectivity index (χ4n) is 2.66. The lowest BCUT2D eigenvalue weighted by Gasteiger charge is -2.08. The van der Waals surface area contributed by atoms with E-state index in [1.54, 1.807) is 6.33 Å². The van der Waals surface area contributed by atoms with E-state index < -0.39 is 0 Å². The summed E-state index contributed by atoms with van der Waals surface area (Å²) in [6, 6.07) is 6.00. The van der Waals surface area contributed by atoms with Crippen LogP contribution < -0.4 is 10.1 Å². The van der Waals surface area contributed by atoms with Gasteiger partial charge in [0, 0.05) is 24.1 Å². The molecule has 1 aromatic carbocycles. The molecule has 3 rings (SSSR count). The van der Waals surface area contributed by atoms with Crippen molar-refractivity contribution < 1.29 is 9.47 Å². The van der Waals surface area contributed by atoms with E-state index in [-0.39, 0.29) is 6.10 Å². The third kappa shape index (κ3) is 3.59. The smallest absolute Gasteiger partial charge is 0.153 e. The summed E-state index contributed by atoms with van der Waals surface area (Å²) >= 11 is 0. The molecule has 0 fully saturated rings. The zero-order valence-electron chi connectivity index (χ0n) is 14.4. The summed E-state index contributed by atoms with van der Waals surface area (Å²) in [5.41, 5.74) is 2.86. The van der Waals surface area contributed by atoms with Crippen LogP contribution >= 0.6 is 0 Å². The van der Waals surface area contributed by atoms with Gasteiger partial charge in [0.15, 0.2) is 5.82 Å². The minimum atomic E-state index is 0.268. The van der Waals surface area contributed by atoms with Crippen molar-refractivity contribution in [1.29, 1.82) is 0 Å². The van der Waals surface area contributed by atoms with Crippen LogP contribution in [-0.4, -0.2) is 40.8 Å². The number of hydrogen-bond acceptors (Lipinski definition) is 5. The van der Waals surface area contributed by atoms with Gasteiger partial charge in [-0.25, -0.2) is 9.97 Å². The molecule has 2 aromatic heterocycles. The molecule has 0 radical (unpaired) electrons. The number of aromatic nitrogens is 3. The Morgan fingerprint density at radius 1 is 1.25 bits per heavy atom. The van der Waals surface area contributed by atoms with Crippen LogP contribution in [-0.2, 0) is 4.74 Å². The first kappa shape index (κ1) is 16.5. The molecule has 0 saturated carbocycles. The number of benzene rings is 1. The quantitative estimate of drug-likeness (QED) is 0.616. The normalized spacial score (nSPS) is 11.5. The number of hydrogen-bond donors (Lipinski definition) is 2. The highest BCUT2D eigenvalue weighted by molar-refractivity contribution is 6.08. The first-order valence-electron chi connectivity index (χ1n) is 8.43. The van der Waals surface area contributed by atoms with Crippen LogP contribution in [0.25, 0.3) is 21.9 Å². The molecule has 128 valence electrons. The highest BCUT2D eigenvalue weighted by Gasteiger charge is 2.11. The first-order chi connectivity index (χ1) is 11.7. The zero-order valence-corrected chi connectivity index (χ0v) is 14.4. The second kappa shape index (κ2) is 7.49. The molecule has 2 N–H and O–H groups in total. The predicted octanol–water partition coefficient (Wildman–Crippen LogP) is 3.74. The van der Waals surface area contributed by atoms with Crippen molar-refractivity contribution in [3.05, 3.63) is 24.5 Å². The van der Waals surface area contributed by atoms with Crippen molar-refractivity contribution in [2.45, 2.75) is 33.3 Å². The molecule has 0 aliphatic heterocycles. The number of fused-ring (bicyclic) bond motifs is 3. The monoisotopic (exact) mass is 328 g/mol. The Bertz CT molecular complexity index is 813. The molecule has 3 aromatic rings. The number of nitrogens with zero attached hydrogens (tertiary/aromatic N) is 2. The van der Waals surface area contributed by atoms with E-state index in [0.29, 0.717) is 6.61 Å². The first-order valence-corrected chi connectivity index (χ1v) is 8.43. The third-order valence-corrected chi connectivity index (χ3v) is 3.73. The van der Waals surface area contributed by atoms with Gasteiger partial charge in [-0.05, 0) is 45.4 Å². The molecule has 0 aliphatic carbocycles. The van der Waals surface area contributed by atoms with Crippen LogP contribution in [0.1, 0.15) is 27.2 Å². The van der Waals surface area contributed by atoms with Gasteiger partial charge >= 0.3 is 0 Å². The molecule has 6 heteroatoms. The number of rotatable bonds is 8. The van der Waals surface area contributed by atoms with Crippen molar-refractivity contribution in [2.24, 2.45) is 0 Å². The molecule has 6 nitrogen and oxygen atoms in total. The average Bonchev–Trinajstić information content (AvgIpc) is 2.93. The van der Waals surface area contributed by atoms with Crippen molar-refractivity contribution in [2.75, 3.05) is 25.1 Å². The highest BCUT2D eigenvalue weighted by atomic mass is 16.5. The lowest BCUT2D eigenvalue weighted by molar-refractivity contribution is 0.0787. The Hall–Kier alpha value is -2.34. The van der Waals surface area contributed by atoms with Gasteiger partial charge in [-0.15, -0.1) is 0 Å². The lowest BCUT2D eigenvalue weighted by atomic mass is 10.2. The van der Waals surface area contributed by atoms with Crippen LogP contribution in [0.4, 0.5) is 5.82 Å². The van der Waals surface area contributed by atoms with Crippen LogP contribution in [0.3, 0.4) is 0 Å². The maximum absolute atomic E-state index is 5.59. The summed E-state index contributed by atoms with van der Waals surface area (Å²) in [6.45, 7) is 8.26. The molecule has 0 bridgehead atoms. The minimum absolute atomic E-state index is 0.268. The maximum Gasteiger partial charge on any atom is 0.153 e. The van der Waals surface area contributed by atoms with E-state index in [9.17, 15) is 0 Å². The van der Waals surface area contributed by atoms with E-state index in [2.05, 4.69) is 20.3 Å². The zero-order chi connectivity index (χ0) is 16.9. The summed E-state index contributed by atoms with van der Waals surface area (Å²) in [6.07, 6.45) is 2.79. The van der Waals surface area contributed by atoms with Crippen molar-refractivity contribution >= 4 is 27.8 Å². The molecule has 0 aliphatic rings. The van der Waals surface area contributed by atoms with Gasteiger partial charge in [-0.1, -0.05) is 0 Å². The van der Waals surface area contributed by atoms with Crippen molar-refractivity contribution in [1.82, 2.24) is 15.0 Å². The number of aromatic amines is 1. The van der Waals surface area contributed by atoms with Crippen LogP contribution in [0, 0.1) is 0 Å². The summed E-state index contributed by atoms with van der Waals surface area (Å²) in [4.78, 5) is 12.2. The highest BCUT2D eigenvalue weighted by Crippen LogP contribution is 2.29. The SMILES string of the molecule is CCOc1ccc2[nH]c3c(NCCCOC(C)C)ncnc3c2c1. The third-order valence-electron chi connectivity index (χ3n) is 3.73. The lowest BCUT2D eigenvalue weighted by Crippen LogP contribution is -2.10. The van der Waals surface area contributed by atoms with Gasteiger partial charge in [0.05, 0.1) is 12.7 Å². The van der Waals surface area contributed by atoms with Gasteiger partial charge in [-0.2, -0.15) is 0 Å². The van der Waals surface area contributed by atoms with Crippen LogP contribution in [0.5, 0.6) is 5.75 Å². The molecule has 0 atom stereocenters.